The minimum atomic E-state index is -0.646. The van der Waals surface area contributed by atoms with E-state index in [1.165, 1.54) is 5.56 Å². The highest BCUT2D eigenvalue weighted by molar-refractivity contribution is 9.10. The van der Waals surface area contributed by atoms with Gasteiger partial charge in [-0.3, -0.25) is 9.59 Å². The third-order valence-electron chi connectivity index (χ3n) is 5.25. The zero-order valence-electron chi connectivity index (χ0n) is 21.1. The number of carbonyl (C=O) groups excluding carboxylic acids is 2. The van der Waals surface area contributed by atoms with Crippen LogP contribution >= 0.6 is 15.9 Å². The summed E-state index contributed by atoms with van der Waals surface area (Å²) >= 11 is 3.56. The molecule has 0 saturated carbocycles. The van der Waals surface area contributed by atoms with E-state index < -0.39 is 6.04 Å². The number of hydrogen-bond donors (Lipinski definition) is 1. The van der Waals surface area contributed by atoms with Crippen LogP contribution in [0.2, 0.25) is 0 Å². The van der Waals surface area contributed by atoms with Crippen LogP contribution in [0.5, 0.6) is 5.75 Å². The molecule has 1 atom stereocenters. The first kappa shape index (κ1) is 26.9. The van der Waals surface area contributed by atoms with Crippen LogP contribution in [0.4, 0.5) is 0 Å². The summed E-state index contributed by atoms with van der Waals surface area (Å²) in [6.07, 6.45) is 0. The number of aryl methyl sites for hydroxylation is 1. The quantitative estimate of drug-likeness (QED) is 0.508. The molecule has 0 heterocycles. The van der Waals surface area contributed by atoms with Crippen molar-refractivity contribution >= 4 is 27.7 Å². The highest BCUT2D eigenvalue weighted by Crippen LogP contribution is 2.31. The van der Waals surface area contributed by atoms with Crippen molar-refractivity contribution < 1.29 is 14.3 Å². The van der Waals surface area contributed by atoms with Gasteiger partial charge in [0, 0.05) is 12.1 Å². The Balaban J connectivity index is 2.21. The van der Waals surface area contributed by atoms with Gasteiger partial charge in [-0.05, 0) is 79.2 Å². The van der Waals surface area contributed by atoms with E-state index >= 15 is 0 Å². The number of hydrogen-bond acceptors (Lipinski definition) is 3. The summed E-state index contributed by atoms with van der Waals surface area (Å²) in [5.74, 6) is 0.151. The molecule has 0 radical (unpaired) electrons. The van der Waals surface area contributed by atoms with Crippen LogP contribution in [0.3, 0.4) is 0 Å². The van der Waals surface area contributed by atoms with Crippen molar-refractivity contribution in [1.82, 2.24) is 10.2 Å². The van der Waals surface area contributed by atoms with E-state index in [9.17, 15) is 9.59 Å². The molecule has 0 saturated heterocycles. The van der Waals surface area contributed by atoms with Crippen molar-refractivity contribution in [3.63, 3.8) is 0 Å². The molecule has 1 N–H and O–H groups in total. The van der Waals surface area contributed by atoms with Crippen molar-refractivity contribution in [2.45, 2.75) is 78.9 Å². The zero-order chi connectivity index (χ0) is 25.0. The molecule has 180 valence electrons. The smallest absolute Gasteiger partial charge is 0.261 e. The summed E-state index contributed by atoms with van der Waals surface area (Å²) in [5.41, 5.74) is 2.86. The van der Waals surface area contributed by atoms with Crippen LogP contribution in [0, 0.1) is 6.92 Å². The first-order chi connectivity index (χ1) is 15.2. The van der Waals surface area contributed by atoms with Crippen LogP contribution in [-0.4, -0.2) is 34.9 Å². The number of rotatable bonds is 7. The van der Waals surface area contributed by atoms with Gasteiger partial charge >= 0.3 is 0 Å². The van der Waals surface area contributed by atoms with Crippen LogP contribution in [0.25, 0.3) is 0 Å². The molecule has 33 heavy (non-hydrogen) atoms. The topological polar surface area (TPSA) is 58.6 Å². The van der Waals surface area contributed by atoms with Crippen molar-refractivity contribution in [3.8, 4) is 5.75 Å². The standard InChI is InChI=1S/C27H37BrN2O3/c1-18-10-9-11-20(14-18)16-30(19(2)25(32)29-27(6,7)8)24(31)17-33-23-13-12-21(15-22(23)28)26(3,4)5/h9-15,19H,16-17H2,1-8H3,(H,29,32)/t19-/m0/s1. The molecule has 5 nitrogen and oxygen atoms in total. The average molecular weight is 518 g/mol. The lowest BCUT2D eigenvalue weighted by Crippen LogP contribution is -2.53. The molecule has 0 spiro atoms. The average Bonchev–Trinajstić information content (AvgIpc) is 2.68. The van der Waals surface area contributed by atoms with Crippen LogP contribution in [0.1, 0.15) is 65.2 Å². The number of carbonyl (C=O) groups is 2. The Labute approximate surface area is 207 Å². The highest BCUT2D eigenvalue weighted by atomic mass is 79.9. The molecule has 2 rings (SSSR count). The number of amides is 2. The predicted molar refractivity (Wildman–Crippen MR) is 137 cm³/mol. The first-order valence-electron chi connectivity index (χ1n) is 11.3. The lowest BCUT2D eigenvalue weighted by atomic mass is 9.87. The van der Waals surface area contributed by atoms with Crippen LogP contribution in [0.15, 0.2) is 46.9 Å². The molecule has 0 aliphatic carbocycles. The summed E-state index contributed by atoms with van der Waals surface area (Å²) in [6, 6.07) is 13.2. The van der Waals surface area contributed by atoms with Gasteiger partial charge in [-0.2, -0.15) is 0 Å². The maximum absolute atomic E-state index is 13.3. The molecule has 0 aromatic heterocycles. The third kappa shape index (κ3) is 8.18. The molecule has 0 bridgehead atoms. The Morgan fingerprint density at radius 2 is 1.73 bits per heavy atom. The van der Waals surface area contributed by atoms with Gasteiger partial charge < -0.3 is 15.0 Å². The number of ether oxygens (including phenoxy) is 1. The van der Waals surface area contributed by atoms with Gasteiger partial charge in [0.2, 0.25) is 5.91 Å². The summed E-state index contributed by atoms with van der Waals surface area (Å²) in [6.45, 7) is 16.1. The lowest BCUT2D eigenvalue weighted by molar-refractivity contribution is -0.142. The van der Waals surface area contributed by atoms with Crippen molar-refractivity contribution in [3.05, 3.63) is 63.6 Å². The number of nitrogens with zero attached hydrogens (tertiary/aromatic N) is 1. The third-order valence-corrected chi connectivity index (χ3v) is 5.87. The van der Waals surface area contributed by atoms with Gasteiger partial charge in [0.05, 0.1) is 4.47 Å². The van der Waals surface area contributed by atoms with E-state index in [1.807, 2.05) is 70.2 Å². The van der Waals surface area contributed by atoms with E-state index in [0.717, 1.165) is 15.6 Å². The van der Waals surface area contributed by atoms with Gasteiger partial charge in [0.25, 0.3) is 5.91 Å². The summed E-state index contributed by atoms with van der Waals surface area (Å²) in [4.78, 5) is 27.7. The molecular weight excluding hydrogens is 480 g/mol. The van der Waals surface area contributed by atoms with Gasteiger partial charge in [0.1, 0.15) is 11.8 Å². The van der Waals surface area contributed by atoms with Gasteiger partial charge in [-0.1, -0.05) is 56.7 Å². The zero-order valence-corrected chi connectivity index (χ0v) is 22.7. The minimum Gasteiger partial charge on any atom is -0.483 e. The number of nitrogens with one attached hydrogen (secondary N) is 1. The SMILES string of the molecule is Cc1cccc(CN(C(=O)COc2ccc(C(C)(C)C)cc2Br)[C@@H](C)C(=O)NC(C)(C)C)c1. The van der Waals surface area contributed by atoms with E-state index in [0.29, 0.717) is 12.3 Å². The first-order valence-corrected chi connectivity index (χ1v) is 12.1. The van der Waals surface area contributed by atoms with Crippen molar-refractivity contribution in [1.29, 1.82) is 0 Å². The normalized spacial score (nSPS) is 12.8. The fourth-order valence-electron chi connectivity index (χ4n) is 3.37. The minimum absolute atomic E-state index is 0.0112. The van der Waals surface area contributed by atoms with Crippen molar-refractivity contribution in [2.24, 2.45) is 0 Å². The molecule has 0 unspecified atom stereocenters. The Morgan fingerprint density at radius 1 is 1.06 bits per heavy atom. The Hall–Kier alpha value is -2.34. The Kier molecular flexibility index (Phi) is 8.75. The van der Waals surface area contributed by atoms with E-state index in [4.69, 9.17) is 4.74 Å². The largest absolute Gasteiger partial charge is 0.483 e. The van der Waals surface area contributed by atoms with Crippen LogP contribution in [-0.2, 0) is 21.5 Å². The summed E-state index contributed by atoms with van der Waals surface area (Å²) in [7, 11) is 0. The molecule has 2 amide bonds. The Bertz CT molecular complexity index is 990. The molecular formula is C27H37BrN2O3. The molecule has 6 heteroatoms. The fourth-order valence-corrected chi connectivity index (χ4v) is 3.86. The highest BCUT2D eigenvalue weighted by Gasteiger charge is 2.29. The maximum atomic E-state index is 13.3. The van der Waals surface area contributed by atoms with Gasteiger partial charge in [-0.15, -0.1) is 0 Å². The number of halogens is 1. The van der Waals surface area contributed by atoms with Gasteiger partial charge in [0.15, 0.2) is 6.61 Å². The monoisotopic (exact) mass is 516 g/mol. The van der Waals surface area contributed by atoms with E-state index in [-0.39, 0.29) is 29.4 Å². The lowest BCUT2D eigenvalue weighted by Gasteiger charge is -2.31. The second kappa shape index (κ2) is 10.7. The number of benzene rings is 2. The molecule has 0 fully saturated rings. The van der Waals surface area contributed by atoms with E-state index in [1.54, 1.807) is 11.8 Å². The molecule has 0 aliphatic rings. The summed E-state index contributed by atoms with van der Waals surface area (Å²) < 4.78 is 6.67. The predicted octanol–water partition coefficient (Wildman–Crippen LogP) is 5.77. The molecule has 2 aromatic rings. The molecule has 2 aromatic carbocycles. The fraction of sp³-hybridized carbons (Fsp3) is 0.481. The second-order valence-corrected chi connectivity index (χ2v) is 11.5. The maximum Gasteiger partial charge on any atom is 0.261 e. The second-order valence-electron chi connectivity index (χ2n) is 10.6. The summed E-state index contributed by atoms with van der Waals surface area (Å²) in [5, 5.41) is 2.97. The van der Waals surface area contributed by atoms with Gasteiger partial charge in [-0.25, -0.2) is 0 Å². The Morgan fingerprint density at radius 3 is 2.27 bits per heavy atom. The molecule has 0 aliphatic heterocycles. The van der Waals surface area contributed by atoms with E-state index in [2.05, 4.69) is 42.0 Å². The van der Waals surface area contributed by atoms with Crippen LogP contribution < -0.4 is 10.1 Å². The van der Waals surface area contributed by atoms with Crippen molar-refractivity contribution in [2.75, 3.05) is 6.61 Å².